The van der Waals surface area contributed by atoms with Crippen LogP contribution < -0.4 is 10.6 Å². The second kappa shape index (κ2) is 6.21. The summed E-state index contributed by atoms with van der Waals surface area (Å²) in [4.78, 5) is 0. The molecule has 2 aromatic rings. The normalized spacial score (nSPS) is 17.2. The molecule has 0 atom stereocenters. The van der Waals surface area contributed by atoms with Crippen molar-refractivity contribution in [2.24, 2.45) is 0 Å². The molecule has 0 unspecified atom stereocenters. The number of hydrogen-bond donors (Lipinski definition) is 2. The van der Waals surface area contributed by atoms with Crippen LogP contribution in [0.15, 0.2) is 54.6 Å². The minimum atomic E-state index is 0.270. The monoisotopic (exact) mass is 280 g/mol. The number of anilines is 3. The number of rotatable bonds is 4. The lowest BCUT2D eigenvalue weighted by Gasteiger charge is -2.35. The quantitative estimate of drug-likeness (QED) is 0.765. The second-order valence-electron chi connectivity index (χ2n) is 6.31. The van der Waals surface area contributed by atoms with Crippen LogP contribution in [0, 0.1) is 0 Å². The summed E-state index contributed by atoms with van der Waals surface area (Å²) in [5.74, 6) is 0. The summed E-state index contributed by atoms with van der Waals surface area (Å²) in [5.41, 5.74) is 3.74. The van der Waals surface area contributed by atoms with E-state index in [1.807, 2.05) is 18.2 Å². The molecule has 0 saturated heterocycles. The molecule has 0 aliphatic heterocycles. The summed E-state index contributed by atoms with van der Waals surface area (Å²) in [7, 11) is 0. The first kappa shape index (κ1) is 14.0. The Hall–Kier alpha value is -1.96. The maximum absolute atomic E-state index is 3.72. The Morgan fingerprint density at radius 1 is 0.714 bits per heavy atom. The Balaban J connectivity index is 1.64. The highest BCUT2D eigenvalue weighted by Gasteiger charge is 2.26. The Labute approximate surface area is 127 Å². The van der Waals surface area contributed by atoms with Crippen LogP contribution in [0.1, 0.15) is 39.0 Å². The molecule has 0 bridgehead atoms. The van der Waals surface area contributed by atoms with E-state index in [0.717, 1.165) is 11.4 Å². The van der Waals surface area contributed by atoms with Crippen molar-refractivity contribution in [2.75, 3.05) is 10.6 Å². The molecule has 2 nitrogen and oxygen atoms in total. The fourth-order valence-corrected chi connectivity index (χ4v) is 3.13. The van der Waals surface area contributed by atoms with Crippen LogP contribution in [-0.4, -0.2) is 5.54 Å². The van der Waals surface area contributed by atoms with Gasteiger partial charge < -0.3 is 10.6 Å². The molecule has 0 aromatic heterocycles. The predicted octanol–water partition coefficient (Wildman–Crippen LogP) is 5.56. The van der Waals surface area contributed by atoms with Gasteiger partial charge in [0.25, 0.3) is 0 Å². The molecule has 1 aliphatic carbocycles. The minimum absolute atomic E-state index is 0.270. The summed E-state index contributed by atoms with van der Waals surface area (Å²) in [6, 6.07) is 18.9. The van der Waals surface area contributed by atoms with Gasteiger partial charge in [-0.1, -0.05) is 37.5 Å². The van der Waals surface area contributed by atoms with Crippen LogP contribution in [0.2, 0.25) is 0 Å². The van der Waals surface area contributed by atoms with Crippen molar-refractivity contribution in [2.45, 2.75) is 44.6 Å². The van der Waals surface area contributed by atoms with Gasteiger partial charge in [0.15, 0.2) is 0 Å². The van der Waals surface area contributed by atoms with Crippen LogP contribution in [0.3, 0.4) is 0 Å². The average Bonchev–Trinajstić information content (AvgIpc) is 2.51. The third-order valence-corrected chi connectivity index (χ3v) is 4.35. The largest absolute Gasteiger partial charge is 0.380 e. The van der Waals surface area contributed by atoms with Crippen molar-refractivity contribution < 1.29 is 0 Å². The molecule has 21 heavy (non-hydrogen) atoms. The lowest BCUT2D eigenvalue weighted by Crippen LogP contribution is -2.36. The molecule has 3 rings (SSSR count). The maximum Gasteiger partial charge on any atom is 0.0385 e. The Morgan fingerprint density at radius 3 is 1.95 bits per heavy atom. The van der Waals surface area contributed by atoms with Gasteiger partial charge in [-0.15, -0.1) is 0 Å². The van der Waals surface area contributed by atoms with E-state index >= 15 is 0 Å². The van der Waals surface area contributed by atoms with E-state index in [2.05, 4.69) is 54.0 Å². The van der Waals surface area contributed by atoms with E-state index in [1.165, 1.54) is 37.8 Å². The zero-order valence-corrected chi connectivity index (χ0v) is 12.7. The molecule has 0 heterocycles. The average molecular weight is 280 g/mol. The predicted molar refractivity (Wildman–Crippen MR) is 91.3 cm³/mol. The van der Waals surface area contributed by atoms with Gasteiger partial charge in [-0.2, -0.15) is 0 Å². The van der Waals surface area contributed by atoms with E-state index in [0.29, 0.717) is 0 Å². The van der Waals surface area contributed by atoms with Crippen molar-refractivity contribution >= 4 is 17.1 Å². The fourth-order valence-electron chi connectivity index (χ4n) is 3.13. The highest BCUT2D eigenvalue weighted by atomic mass is 15.0. The Morgan fingerprint density at radius 2 is 1.29 bits per heavy atom. The number of para-hydroxylation sites is 1. The molecule has 1 fully saturated rings. The van der Waals surface area contributed by atoms with Gasteiger partial charge in [-0.25, -0.2) is 0 Å². The molecule has 1 saturated carbocycles. The first-order chi connectivity index (χ1) is 10.2. The summed E-state index contributed by atoms with van der Waals surface area (Å²) < 4.78 is 0. The first-order valence-corrected chi connectivity index (χ1v) is 7.94. The van der Waals surface area contributed by atoms with E-state index in [9.17, 15) is 0 Å². The second-order valence-corrected chi connectivity index (χ2v) is 6.31. The zero-order valence-electron chi connectivity index (χ0n) is 12.7. The van der Waals surface area contributed by atoms with Crippen molar-refractivity contribution in [3.8, 4) is 0 Å². The highest BCUT2D eigenvalue weighted by molar-refractivity contribution is 5.62. The van der Waals surface area contributed by atoms with E-state index in [-0.39, 0.29) is 5.54 Å². The number of hydrogen-bond acceptors (Lipinski definition) is 2. The molecule has 0 spiro atoms. The molecular formula is C19H24N2. The molecule has 0 radical (unpaired) electrons. The molecule has 2 N–H and O–H groups in total. The number of benzene rings is 2. The topological polar surface area (TPSA) is 24.1 Å². The fraction of sp³-hybridized carbons (Fsp3) is 0.368. The van der Waals surface area contributed by atoms with Crippen LogP contribution >= 0.6 is 0 Å². The SMILES string of the molecule is CC1(Nc2ccc(Nc3ccccc3)cc2)CCCCC1. The molecule has 110 valence electrons. The molecule has 1 aliphatic rings. The van der Waals surface area contributed by atoms with Crippen LogP contribution in [0.5, 0.6) is 0 Å². The first-order valence-electron chi connectivity index (χ1n) is 7.94. The highest BCUT2D eigenvalue weighted by Crippen LogP contribution is 2.31. The van der Waals surface area contributed by atoms with Gasteiger partial charge in [0.1, 0.15) is 0 Å². The Bertz CT molecular complexity index is 554. The number of nitrogens with one attached hydrogen (secondary N) is 2. The van der Waals surface area contributed by atoms with Crippen LogP contribution in [-0.2, 0) is 0 Å². The maximum atomic E-state index is 3.72. The van der Waals surface area contributed by atoms with Gasteiger partial charge >= 0.3 is 0 Å². The van der Waals surface area contributed by atoms with E-state index in [4.69, 9.17) is 0 Å². The van der Waals surface area contributed by atoms with Gasteiger partial charge in [-0.3, -0.25) is 0 Å². The lowest BCUT2D eigenvalue weighted by molar-refractivity contribution is 0.349. The third kappa shape index (κ3) is 3.78. The van der Waals surface area contributed by atoms with Crippen molar-refractivity contribution in [1.82, 2.24) is 0 Å². The van der Waals surface area contributed by atoms with E-state index in [1.54, 1.807) is 0 Å². The van der Waals surface area contributed by atoms with Crippen molar-refractivity contribution in [3.63, 3.8) is 0 Å². The minimum Gasteiger partial charge on any atom is -0.380 e. The van der Waals surface area contributed by atoms with Gasteiger partial charge in [0.2, 0.25) is 0 Å². The van der Waals surface area contributed by atoms with Gasteiger partial charge in [-0.05, 0) is 56.2 Å². The molecule has 2 heteroatoms. The van der Waals surface area contributed by atoms with Crippen LogP contribution in [0.4, 0.5) is 17.1 Å². The third-order valence-electron chi connectivity index (χ3n) is 4.35. The van der Waals surface area contributed by atoms with Crippen LogP contribution in [0.25, 0.3) is 0 Å². The summed E-state index contributed by atoms with van der Waals surface area (Å²) in [6.45, 7) is 2.35. The summed E-state index contributed by atoms with van der Waals surface area (Å²) in [5, 5.41) is 7.14. The molecule has 0 amide bonds. The standard InChI is InChI=1S/C19H24N2/c1-19(14-6-3-7-15-19)21-18-12-10-17(11-13-18)20-16-8-4-2-5-9-16/h2,4-5,8-13,20-21H,3,6-7,14-15H2,1H3. The van der Waals surface area contributed by atoms with E-state index < -0.39 is 0 Å². The lowest BCUT2D eigenvalue weighted by atomic mass is 9.83. The van der Waals surface area contributed by atoms with Gasteiger partial charge in [0.05, 0.1) is 0 Å². The molecule has 2 aromatic carbocycles. The summed E-state index contributed by atoms with van der Waals surface area (Å²) >= 11 is 0. The van der Waals surface area contributed by atoms with Gasteiger partial charge in [0, 0.05) is 22.6 Å². The smallest absolute Gasteiger partial charge is 0.0385 e. The zero-order chi connectivity index (χ0) is 14.5. The summed E-state index contributed by atoms with van der Waals surface area (Å²) in [6.07, 6.45) is 6.62. The molecular weight excluding hydrogens is 256 g/mol. The Kier molecular flexibility index (Phi) is 4.14. The van der Waals surface area contributed by atoms with Crippen molar-refractivity contribution in [3.05, 3.63) is 54.6 Å². The van der Waals surface area contributed by atoms with Crippen molar-refractivity contribution in [1.29, 1.82) is 0 Å².